The zero-order valence-electron chi connectivity index (χ0n) is 12.0. The van der Waals surface area contributed by atoms with Gasteiger partial charge in [0.1, 0.15) is 0 Å². The van der Waals surface area contributed by atoms with Crippen LogP contribution < -0.4 is 10.6 Å². The zero-order valence-corrected chi connectivity index (χ0v) is 13.5. The molecule has 0 radical (unpaired) electrons. The van der Waals surface area contributed by atoms with Crippen molar-refractivity contribution in [1.82, 2.24) is 15.2 Å². The number of nitrogens with zero attached hydrogens (tertiary/aromatic N) is 3. The Bertz CT molecular complexity index is 775. The van der Waals surface area contributed by atoms with E-state index in [9.17, 15) is 0 Å². The van der Waals surface area contributed by atoms with Crippen molar-refractivity contribution in [2.75, 3.05) is 10.6 Å². The fourth-order valence-corrected chi connectivity index (χ4v) is 2.45. The standard InChI is InChI=1S/C16H13Cl2N5/c17-12-7-4-8-13(18)15(12)22-16-21-14(10-20-23-16)19-9-11-5-2-1-3-6-11/h1-8,10H,9H2,(H2,19,21,22,23). The molecule has 23 heavy (non-hydrogen) atoms. The predicted octanol–water partition coefficient (Wildman–Crippen LogP) is 4.53. The molecule has 5 nitrogen and oxygen atoms in total. The summed E-state index contributed by atoms with van der Waals surface area (Å²) in [6, 6.07) is 15.3. The van der Waals surface area contributed by atoms with Crippen molar-refractivity contribution in [2.45, 2.75) is 6.54 Å². The summed E-state index contributed by atoms with van der Waals surface area (Å²) in [5, 5.41) is 15.0. The molecule has 0 saturated carbocycles. The lowest BCUT2D eigenvalue weighted by Crippen LogP contribution is -2.06. The summed E-state index contributed by atoms with van der Waals surface area (Å²) < 4.78 is 0. The first-order chi connectivity index (χ1) is 11.2. The van der Waals surface area contributed by atoms with Crippen molar-refractivity contribution < 1.29 is 0 Å². The Balaban J connectivity index is 1.72. The SMILES string of the molecule is Clc1cccc(Cl)c1Nc1nncc(NCc2ccccc2)n1. The Morgan fingerprint density at radius 3 is 2.39 bits per heavy atom. The number of benzene rings is 2. The van der Waals surface area contributed by atoms with E-state index >= 15 is 0 Å². The first-order valence-electron chi connectivity index (χ1n) is 6.91. The second-order valence-electron chi connectivity index (χ2n) is 4.73. The highest BCUT2D eigenvalue weighted by Crippen LogP contribution is 2.31. The van der Waals surface area contributed by atoms with Crippen LogP contribution in [0.4, 0.5) is 17.5 Å². The largest absolute Gasteiger partial charge is 0.365 e. The van der Waals surface area contributed by atoms with Crippen LogP contribution >= 0.6 is 23.2 Å². The van der Waals surface area contributed by atoms with Gasteiger partial charge in [-0.25, -0.2) is 0 Å². The van der Waals surface area contributed by atoms with Crippen molar-refractivity contribution in [2.24, 2.45) is 0 Å². The van der Waals surface area contributed by atoms with Crippen molar-refractivity contribution in [3.8, 4) is 0 Å². The Morgan fingerprint density at radius 1 is 0.913 bits per heavy atom. The Hall–Kier alpha value is -2.37. The molecule has 0 aliphatic heterocycles. The molecule has 3 rings (SSSR count). The molecule has 0 aliphatic carbocycles. The van der Waals surface area contributed by atoms with Crippen LogP contribution in [0.5, 0.6) is 0 Å². The van der Waals surface area contributed by atoms with E-state index in [1.807, 2.05) is 30.3 Å². The number of rotatable bonds is 5. The molecule has 116 valence electrons. The summed E-state index contributed by atoms with van der Waals surface area (Å²) in [7, 11) is 0. The maximum Gasteiger partial charge on any atom is 0.249 e. The molecular weight excluding hydrogens is 333 g/mol. The molecule has 0 unspecified atom stereocenters. The summed E-state index contributed by atoms with van der Waals surface area (Å²) in [6.07, 6.45) is 1.56. The predicted molar refractivity (Wildman–Crippen MR) is 93.3 cm³/mol. The number of hydrogen-bond acceptors (Lipinski definition) is 5. The molecule has 3 aromatic rings. The van der Waals surface area contributed by atoms with Crippen molar-refractivity contribution in [3.05, 3.63) is 70.3 Å². The first kappa shape index (κ1) is 15.5. The van der Waals surface area contributed by atoms with E-state index in [2.05, 4.69) is 25.8 Å². The van der Waals surface area contributed by atoms with E-state index < -0.39 is 0 Å². The zero-order chi connectivity index (χ0) is 16.1. The smallest absolute Gasteiger partial charge is 0.249 e. The fourth-order valence-electron chi connectivity index (χ4n) is 1.96. The van der Waals surface area contributed by atoms with Crippen LogP contribution in [0.2, 0.25) is 10.0 Å². The van der Waals surface area contributed by atoms with Gasteiger partial charge in [-0.05, 0) is 17.7 Å². The Morgan fingerprint density at radius 2 is 1.65 bits per heavy atom. The van der Waals surface area contributed by atoms with Crippen LogP contribution in [0.3, 0.4) is 0 Å². The molecule has 0 bridgehead atoms. The van der Waals surface area contributed by atoms with Gasteiger partial charge in [-0.2, -0.15) is 10.1 Å². The van der Waals surface area contributed by atoms with Crippen LogP contribution in [0.25, 0.3) is 0 Å². The first-order valence-corrected chi connectivity index (χ1v) is 7.66. The lowest BCUT2D eigenvalue weighted by Gasteiger charge is -2.10. The second kappa shape index (κ2) is 7.26. The number of nitrogens with one attached hydrogen (secondary N) is 2. The fraction of sp³-hybridized carbons (Fsp3) is 0.0625. The Kier molecular flexibility index (Phi) is 4.90. The maximum absolute atomic E-state index is 6.12. The van der Waals surface area contributed by atoms with Gasteiger partial charge < -0.3 is 10.6 Å². The van der Waals surface area contributed by atoms with Gasteiger partial charge in [0.15, 0.2) is 5.82 Å². The average molecular weight is 346 g/mol. The van der Waals surface area contributed by atoms with Gasteiger partial charge in [-0.3, -0.25) is 0 Å². The van der Waals surface area contributed by atoms with Crippen molar-refractivity contribution in [3.63, 3.8) is 0 Å². The van der Waals surface area contributed by atoms with Gasteiger partial charge in [0.2, 0.25) is 5.95 Å². The number of halogens is 2. The summed E-state index contributed by atoms with van der Waals surface area (Å²) in [6.45, 7) is 0.645. The van der Waals surface area contributed by atoms with Gasteiger partial charge in [0, 0.05) is 6.54 Å². The molecule has 0 saturated heterocycles. The van der Waals surface area contributed by atoms with Crippen molar-refractivity contribution >= 4 is 40.7 Å². The minimum atomic E-state index is 0.318. The lowest BCUT2D eigenvalue weighted by molar-refractivity contribution is 0.966. The van der Waals surface area contributed by atoms with Crippen LogP contribution in [0, 0.1) is 0 Å². The highest BCUT2D eigenvalue weighted by atomic mass is 35.5. The number of aromatic nitrogens is 3. The van der Waals surface area contributed by atoms with Gasteiger partial charge in [-0.1, -0.05) is 59.6 Å². The van der Waals surface area contributed by atoms with E-state index in [0.717, 1.165) is 5.56 Å². The number of hydrogen-bond donors (Lipinski definition) is 2. The normalized spacial score (nSPS) is 10.3. The molecule has 0 atom stereocenters. The summed E-state index contributed by atoms with van der Waals surface area (Å²) in [5.74, 6) is 0.924. The quantitative estimate of drug-likeness (QED) is 0.710. The maximum atomic E-state index is 6.12. The van der Waals surface area contributed by atoms with Gasteiger partial charge >= 0.3 is 0 Å². The van der Waals surface area contributed by atoms with Crippen LogP contribution in [-0.4, -0.2) is 15.2 Å². The Labute approximate surface area is 143 Å². The van der Waals surface area contributed by atoms with Crippen LogP contribution in [0.15, 0.2) is 54.7 Å². The van der Waals surface area contributed by atoms with Gasteiger partial charge in [0.25, 0.3) is 0 Å². The van der Waals surface area contributed by atoms with E-state index in [0.29, 0.717) is 34.0 Å². The summed E-state index contributed by atoms with van der Waals surface area (Å²) in [4.78, 5) is 4.35. The molecule has 1 aromatic heterocycles. The summed E-state index contributed by atoms with van der Waals surface area (Å²) in [5.41, 5.74) is 1.70. The third-order valence-corrected chi connectivity index (χ3v) is 3.70. The van der Waals surface area contributed by atoms with E-state index in [4.69, 9.17) is 23.2 Å². The van der Waals surface area contributed by atoms with E-state index in [-0.39, 0.29) is 0 Å². The molecule has 0 fully saturated rings. The third kappa shape index (κ3) is 4.09. The highest BCUT2D eigenvalue weighted by molar-refractivity contribution is 6.39. The average Bonchev–Trinajstić information content (AvgIpc) is 2.58. The minimum Gasteiger partial charge on any atom is -0.365 e. The van der Waals surface area contributed by atoms with Gasteiger partial charge in [0.05, 0.1) is 21.9 Å². The number of para-hydroxylation sites is 1. The highest BCUT2D eigenvalue weighted by Gasteiger charge is 2.08. The lowest BCUT2D eigenvalue weighted by atomic mass is 10.2. The van der Waals surface area contributed by atoms with Crippen molar-refractivity contribution in [1.29, 1.82) is 0 Å². The summed E-state index contributed by atoms with van der Waals surface area (Å²) >= 11 is 12.2. The molecule has 2 N–H and O–H groups in total. The topological polar surface area (TPSA) is 62.7 Å². The molecule has 0 amide bonds. The van der Waals surface area contributed by atoms with E-state index in [1.165, 1.54) is 0 Å². The molecular formula is C16H13Cl2N5. The second-order valence-corrected chi connectivity index (χ2v) is 5.54. The molecule has 7 heteroatoms. The molecule has 1 heterocycles. The van der Waals surface area contributed by atoms with E-state index in [1.54, 1.807) is 24.4 Å². The number of anilines is 3. The third-order valence-electron chi connectivity index (χ3n) is 3.07. The monoisotopic (exact) mass is 345 g/mol. The minimum absolute atomic E-state index is 0.318. The van der Waals surface area contributed by atoms with Crippen LogP contribution in [-0.2, 0) is 6.54 Å². The molecule has 0 aliphatic rings. The van der Waals surface area contributed by atoms with Gasteiger partial charge in [-0.15, -0.1) is 5.10 Å². The molecule has 0 spiro atoms. The molecule has 2 aromatic carbocycles. The van der Waals surface area contributed by atoms with Crippen LogP contribution in [0.1, 0.15) is 5.56 Å².